The van der Waals surface area contributed by atoms with Crippen LogP contribution in [0.2, 0.25) is 0 Å². The van der Waals surface area contributed by atoms with Gasteiger partial charge in [0.2, 0.25) is 0 Å². The highest BCUT2D eigenvalue weighted by molar-refractivity contribution is 5.95. The number of benzene rings is 3. The molecule has 0 aliphatic carbocycles. The van der Waals surface area contributed by atoms with Crippen LogP contribution < -0.4 is 15.2 Å². The highest BCUT2D eigenvalue weighted by atomic mass is 19.4. The number of nitrogens with one attached hydrogen (secondary N) is 1. The van der Waals surface area contributed by atoms with Crippen LogP contribution in [0.1, 0.15) is 21.6 Å². The van der Waals surface area contributed by atoms with Crippen LogP contribution in [-0.2, 0) is 12.7 Å². The number of aromatic amines is 1. The molecule has 0 aliphatic heterocycles. The summed E-state index contributed by atoms with van der Waals surface area (Å²) in [7, 11) is 0. The number of rotatable bonds is 13. The summed E-state index contributed by atoms with van der Waals surface area (Å²) in [5, 5.41) is 20.5. The first-order valence-electron chi connectivity index (χ1n) is 12.6. The van der Waals surface area contributed by atoms with Crippen LogP contribution in [0.5, 0.6) is 17.2 Å². The van der Waals surface area contributed by atoms with Gasteiger partial charge in [0.25, 0.3) is 5.91 Å². The first kappa shape index (κ1) is 29.4. The van der Waals surface area contributed by atoms with Gasteiger partial charge in [0.15, 0.2) is 0 Å². The Balaban J connectivity index is 1.32. The zero-order valence-electron chi connectivity index (χ0n) is 21.8. The number of hydrogen-bond donors (Lipinski definition) is 4. The van der Waals surface area contributed by atoms with Crippen molar-refractivity contribution in [3.63, 3.8) is 0 Å². The second-order valence-corrected chi connectivity index (χ2v) is 9.24. The predicted octanol–water partition coefficient (Wildman–Crippen LogP) is 4.22. The van der Waals surface area contributed by atoms with Crippen LogP contribution in [-0.4, -0.2) is 63.4 Å². The SMILES string of the molecule is NC(=O)c1cc(OCCN(Cc2ccccc2)CC(O)COc2ccc(-c3ncc(C(F)(F)F)[nH]3)cc2)ccc1O. The van der Waals surface area contributed by atoms with Crippen LogP contribution in [0.25, 0.3) is 11.4 Å². The molecule has 5 N–H and O–H groups in total. The van der Waals surface area contributed by atoms with Crippen LogP contribution in [0.4, 0.5) is 13.2 Å². The van der Waals surface area contributed by atoms with E-state index in [2.05, 4.69) is 9.97 Å². The van der Waals surface area contributed by atoms with E-state index < -0.39 is 23.9 Å². The Morgan fingerprint density at radius 2 is 1.73 bits per heavy atom. The van der Waals surface area contributed by atoms with E-state index in [1.807, 2.05) is 35.2 Å². The van der Waals surface area contributed by atoms with Gasteiger partial charge in [0.1, 0.15) is 48.1 Å². The minimum Gasteiger partial charge on any atom is -0.507 e. The molecule has 0 radical (unpaired) electrons. The number of aromatic hydroxyl groups is 1. The van der Waals surface area contributed by atoms with Crippen LogP contribution in [0.15, 0.2) is 79.0 Å². The molecule has 4 rings (SSSR count). The molecule has 1 amide bonds. The fraction of sp³-hybridized carbons (Fsp3) is 0.241. The maximum atomic E-state index is 12.8. The molecular weight excluding hydrogens is 541 g/mol. The van der Waals surface area contributed by atoms with Crippen molar-refractivity contribution in [3.05, 3.63) is 95.8 Å². The van der Waals surface area contributed by atoms with Gasteiger partial charge in [-0.2, -0.15) is 13.2 Å². The van der Waals surface area contributed by atoms with Crippen LogP contribution >= 0.6 is 0 Å². The van der Waals surface area contributed by atoms with Gasteiger partial charge in [0.05, 0.1) is 11.8 Å². The largest absolute Gasteiger partial charge is 0.507 e. The number of ether oxygens (including phenoxy) is 2. The first-order valence-corrected chi connectivity index (χ1v) is 12.6. The zero-order valence-corrected chi connectivity index (χ0v) is 21.8. The van der Waals surface area contributed by atoms with Crippen molar-refractivity contribution in [1.29, 1.82) is 0 Å². The minimum absolute atomic E-state index is 0.0234. The molecule has 9 nitrogen and oxygen atoms in total. The molecule has 1 atom stereocenters. The zero-order chi connectivity index (χ0) is 29.4. The molecular formula is C29H29F3N4O5. The van der Waals surface area contributed by atoms with Gasteiger partial charge in [0, 0.05) is 25.2 Å². The second kappa shape index (κ2) is 13.2. The molecule has 0 aliphatic rings. The third-order valence-electron chi connectivity index (χ3n) is 6.08. The third kappa shape index (κ3) is 8.47. The fourth-order valence-electron chi connectivity index (χ4n) is 4.04. The van der Waals surface area contributed by atoms with Gasteiger partial charge in [-0.05, 0) is 48.0 Å². The summed E-state index contributed by atoms with van der Waals surface area (Å²) in [5.74, 6) is -0.114. The number of carbonyl (C=O) groups is 1. The van der Waals surface area contributed by atoms with Crippen molar-refractivity contribution >= 4 is 5.91 Å². The maximum absolute atomic E-state index is 12.8. The average Bonchev–Trinajstić information content (AvgIpc) is 3.45. The van der Waals surface area contributed by atoms with E-state index in [4.69, 9.17) is 15.2 Å². The summed E-state index contributed by atoms with van der Waals surface area (Å²) < 4.78 is 49.9. The third-order valence-corrected chi connectivity index (χ3v) is 6.08. The van der Waals surface area contributed by atoms with Crippen molar-refractivity contribution in [1.82, 2.24) is 14.9 Å². The lowest BCUT2D eigenvalue weighted by Gasteiger charge is -2.25. The standard InChI is InChI=1S/C29H29F3N4O5/c30-29(31,32)26-15-34-28(35-26)20-6-8-22(9-7-20)41-18-21(37)17-36(16-19-4-2-1-3-5-19)12-13-40-23-10-11-25(38)24(14-23)27(33)39/h1-11,14-15,21,37-38H,12-13,16-18H2,(H2,33,39)(H,34,35). The number of aromatic nitrogens is 2. The lowest BCUT2D eigenvalue weighted by atomic mass is 10.2. The molecule has 1 aromatic heterocycles. The van der Waals surface area contributed by atoms with Crippen molar-refractivity contribution < 1.29 is 37.7 Å². The molecule has 216 valence electrons. The molecule has 0 bridgehead atoms. The van der Waals surface area contributed by atoms with Gasteiger partial charge < -0.3 is 30.4 Å². The lowest BCUT2D eigenvalue weighted by Crippen LogP contribution is -2.37. The van der Waals surface area contributed by atoms with Gasteiger partial charge in [-0.3, -0.25) is 9.69 Å². The van der Waals surface area contributed by atoms with Crippen molar-refractivity contribution in [2.24, 2.45) is 5.73 Å². The fourth-order valence-corrected chi connectivity index (χ4v) is 4.04. The Kier molecular flexibility index (Phi) is 9.48. The number of H-pyrrole nitrogens is 1. The Hall–Kier alpha value is -4.55. The summed E-state index contributed by atoms with van der Waals surface area (Å²) in [6, 6.07) is 20.2. The topological polar surface area (TPSA) is 134 Å². The normalized spacial score (nSPS) is 12.3. The Bertz CT molecular complexity index is 1430. The molecule has 0 fully saturated rings. The molecule has 0 saturated heterocycles. The van der Waals surface area contributed by atoms with Gasteiger partial charge in [-0.15, -0.1) is 0 Å². The number of carbonyl (C=O) groups excluding carboxylic acids is 1. The second-order valence-electron chi connectivity index (χ2n) is 9.24. The number of phenols is 1. The van der Waals surface area contributed by atoms with Gasteiger partial charge in [-0.25, -0.2) is 4.98 Å². The lowest BCUT2D eigenvalue weighted by molar-refractivity contribution is -0.140. The van der Waals surface area contributed by atoms with Gasteiger partial charge in [-0.1, -0.05) is 30.3 Å². The number of aliphatic hydroxyl groups excluding tert-OH is 1. The number of nitrogens with zero attached hydrogens (tertiary/aromatic N) is 2. The summed E-state index contributed by atoms with van der Waals surface area (Å²) in [4.78, 5) is 19.5. The summed E-state index contributed by atoms with van der Waals surface area (Å²) >= 11 is 0. The molecule has 4 aromatic rings. The summed E-state index contributed by atoms with van der Waals surface area (Å²) in [5.41, 5.74) is 5.79. The summed E-state index contributed by atoms with van der Waals surface area (Å²) in [6.45, 7) is 1.42. The monoisotopic (exact) mass is 570 g/mol. The molecule has 1 heterocycles. The molecule has 0 spiro atoms. The first-order chi connectivity index (χ1) is 19.6. The molecule has 1 unspecified atom stereocenters. The number of primary amides is 1. The van der Waals surface area contributed by atoms with Crippen LogP contribution in [0.3, 0.4) is 0 Å². The molecule has 0 saturated carbocycles. The van der Waals surface area contributed by atoms with E-state index in [-0.39, 0.29) is 36.9 Å². The number of amides is 1. The Morgan fingerprint density at radius 3 is 2.39 bits per heavy atom. The van der Waals surface area contributed by atoms with Crippen molar-refractivity contribution in [2.45, 2.75) is 18.8 Å². The number of nitrogens with two attached hydrogens (primary N) is 1. The highest BCUT2D eigenvalue weighted by Crippen LogP contribution is 2.30. The quantitative estimate of drug-likeness (QED) is 0.189. The average molecular weight is 571 g/mol. The van der Waals surface area contributed by atoms with E-state index >= 15 is 0 Å². The Labute approximate surface area is 234 Å². The van der Waals surface area contributed by atoms with E-state index in [0.29, 0.717) is 30.2 Å². The maximum Gasteiger partial charge on any atom is 0.432 e. The van der Waals surface area contributed by atoms with E-state index in [1.165, 1.54) is 18.2 Å². The predicted molar refractivity (Wildman–Crippen MR) is 144 cm³/mol. The number of alkyl halides is 3. The smallest absolute Gasteiger partial charge is 0.432 e. The number of halogens is 3. The molecule has 3 aromatic carbocycles. The minimum atomic E-state index is -4.51. The van der Waals surface area contributed by atoms with E-state index in [0.717, 1.165) is 11.8 Å². The molecule has 41 heavy (non-hydrogen) atoms. The Morgan fingerprint density at radius 1 is 1.02 bits per heavy atom. The van der Waals surface area contributed by atoms with E-state index in [9.17, 15) is 28.2 Å². The number of aliphatic hydroxyl groups is 1. The number of imidazole rings is 1. The van der Waals surface area contributed by atoms with Crippen LogP contribution in [0, 0.1) is 0 Å². The molecule has 12 heteroatoms. The van der Waals surface area contributed by atoms with E-state index in [1.54, 1.807) is 24.3 Å². The highest BCUT2D eigenvalue weighted by Gasteiger charge is 2.33. The summed E-state index contributed by atoms with van der Waals surface area (Å²) in [6.07, 6.45) is -4.64. The van der Waals surface area contributed by atoms with Gasteiger partial charge >= 0.3 is 6.18 Å². The number of hydrogen-bond acceptors (Lipinski definition) is 7. The van der Waals surface area contributed by atoms with Crippen molar-refractivity contribution in [3.8, 4) is 28.6 Å². The van der Waals surface area contributed by atoms with Crippen molar-refractivity contribution in [2.75, 3.05) is 26.3 Å².